The number of hydrogen-bond acceptors (Lipinski definition) is 1. The van der Waals surface area contributed by atoms with Gasteiger partial charge in [0.2, 0.25) is 0 Å². The van der Waals surface area contributed by atoms with Gasteiger partial charge in [-0.3, -0.25) is 0 Å². The van der Waals surface area contributed by atoms with Crippen LogP contribution in [0.25, 0.3) is 0 Å². The van der Waals surface area contributed by atoms with Crippen molar-refractivity contribution in [3.63, 3.8) is 0 Å². The second-order valence-electron chi connectivity index (χ2n) is 7.66. The maximum absolute atomic E-state index is 13.5. The van der Waals surface area contributed by atoms with Crippen molar-refractivity contribution in [2.75, 3.05) is 0 Å². The van der Waals surface area contributed by atoms with Crippen LogP contribution in [-0.2, 0) is 11.2 Å². The van der Waals surface area contributed by atoms with Crippen molar-refractivity contribution >= 4 is 44.6 Å². The van der Waals surface area contributed by atoms with Gasteiger partial charge in [0, 0.05) is 0 Å². The Balaban J connectivity index is 1.78. The number of benzene rings is 3. The van der Waals surface area contributed by atoms with Gasteiger partial charge in [-0.25, -0.2) is 0 Å². The Hall–Kier alpha value is -1.63. The van der Waals surface area contributed by atoms with Gasteiger partial charge in [-0.2, -0.15) is 0 Å². The molecule has 0 saturated heterocycles. The van der Waals surface area contributed by atoms with Crippen LogP contribution < -0.4 is 8.92 Å². The minimum absolute atomic E-state index is 0.0655. The van der Waals surface area contributed by atoms with Crippen LogP contribution in [0.4, 0.5) is 0 Å². The molecule has 1 atom stereocenters. The van der Waals surface area contributed by atoms with Gasteiger partial charge in [0.25, 0.3) is 0 Å². The summed E-state index contributed by atoms with van der Waals surface area (Å²) in [5, 5.41) is 0. The van der Waals surface area contributed by atoms with Crippen LogP contribution in [0, 0.1) is 5.92 Å². The molecular formula is C26H28OSe2. The molecule has 0 saturated carbocycles. The van der Waals surface area contributed by atoms with E-state index in [0.29, 0.717) is 11.7 Å². The summed E-state index contributed by atoms with van der Waals surface area (Å²) in [6.07, 6.45) is 1.08. The standard InChI is InChI=1S/C26H28OSe2/c1-19(2)18-21-14-16-22(17-15-21)20(3)25(27)26(28-23-10-6-4-7-11-23)29-24-12-8-5-9-13-24/h4-17,19-20,26H,18H2,1-3H3. The predicted molar refractivity (Wildman–Crippen MR) is 126 cm³/mol. The molecule has 0 bridgehead atoms. The van der Waals surface area contributed by atoms with Crippen LogP contribution in [0.1, 0.15) is 37.8 Å². The van der Waals surface area contributed by atoms with Crippen molar-refractivity contribution in [3.05, 3.63) is 96.1 Å². The normalized spacial score (nSPS) is 12.3. The molecule has 0 spiro atoms. The quantitative estimate of drug-likeness (QED) is 0.388. The molecule has 3 heteroatoms. The van der Waals surface area contributed by atoms with Crippen LogP contribution in [0.15, 0.2) is 84.9 Å². The molecule has 0 aliphatic carbocycles. The minimum atomic E-state index is -0.0655. The molecule has 0 aliphatic rings. The summed E-state index contributed by atoms with van der Waals surface area (Å²) in [6, 6.07) is 29.7. The third kappa shape index (κ3) is 6.69. The molecule has 0 aromatic heterocycles. The van der Waals surface area contributed by atoms with E-state index in [1.54, 1.807) is 0 Å². The number of Topliss-reactive ketones (excluding diaryl/α,β-unsaturated/α-hetero) is 1. The Bertz CT molecular complexity index is 848. The van der Waals surface area contributed by atoms with Crippen LogP contribution in [0.2, 0.25) is 3.71 Å². The van der Waals surface area contributed by atoms with E-state index < -0.39 is 0 Å². The van der Waals surface area contributed by atoms with E-state index in [-0.39, 0.29) is 39.5 Å². The van der Waals surface area contributed by atoms with Crippen molar-refractivity contribution in [2.45, 2.75) is 36.8 Å². The molecular weight excluding hydrogens is 486 g/mol. The number of rotatable bonds is 9. The second kappa shape index (κ2) is 10.9. The van der Waals surface area contributed by atoms with E-state index in [4.69, 9.17) is 0 Å². The van der Waals surface area contributed by atoms with Crippen molar-refractivity contribution in [3.8, 4) is 0 Å². The van der Waals surface area contributed by atoms with Crippen LogP contribution in [0.5, 0.6) is 0 Å². The predicted octanol–water partition coefficient (Wildman–Crippen LogP) is 4.36. The molecule has 0 fully saturated rings. The summed E-state index contributed by atoms with van der Waals surface area (Å²) in [5.41, 5.74) is 2.49. The Morgan fingerprint density at radius 1 is 0.724 bits per heavy atom. The van der Waals surface area contributed by atoms with Crippen LogP contribution in [-0.4, -0.2) is 35.7 Å². The molecule has 3 rings (SSSR count). The molecule has 150 valence electrons. The molecule has 0 heterocycles. The van der Waals surface area contributed by atoms with Gasteiger partial charge in [0.05, 0.1) is 0 Å². The van der Waals surface area contributed by atoms with E-state index in [9.17, 15) is 4.79 Å². The molecule has 1 nitrogen and oxygen atoms in total. The summed E-state index contributed by atoms with van der Waals surface area (Å²) >= 11 is 0.278. The van der Waals surface area contributed by atoms with Gasteiger partial charge < -0.3 is 0 Å². The van der Waals surface area contributed by atoms with Gasteiger partial charge in [0.15, 0.2) is 0 Å². The van der Waals surface area contributed by atoms with E-state index in [1.807, 2.05) is 12.1 Å². The summed E-state index contributed by atoms with van der Waals surface area (Å²) in [6.45, 7) is 6.55. The fourth-order valence-corrected chi connectivity index (χ4v) is 9.92. The van der Waals surface area contributed by atoms with Gasteiger partial charge >= 0.3 is 188 Å². The molecule has 1 unspecified atom stereocenters. The van der Waals surface area contributed by atoms with Crippen LogP contribution >= 0.6 is 0 Å². The van der Waals surface area contributed by atoms with Gasteiger partial charge in [-0.05, 0) is 0 Å². The topological polar surface area (TPSA) is 17.1 Å². The number of carbonyl (C=O) groups is 1. The average Bonchev–Trinajstić information content (AvgIpc) is 2.74. The number of ketones is 1. The summed E-state index contributed by atoms with van der Waals surface area (Å²) in [7, 11) is 0. The first-order chi connectivity index (χ1) is 14.0. The molecule has 0 N–H and O–H groups in total. The Morgan fingerprint density at radius 2 is 1.21 bits per heavy atom. The first-order valence-electron chi connectivity index (χ1n) is 10.1. The summed E-state index contributed by atoms with van der Waals surface area (Å²) in [4.78, 5) is 13.5. The average molecular weight is 514 g/mol. The zero-order valence-corrected chi connectivity index (χ0v) is 20.7. The fraction of sp³-hybridized carbons (Fsp3) is 0.269. The molecule has 0 radical (unpaired) electrons. The molecule has 3 aromatic carbocycles. The second-order valence-corrected chi connectivity index (χ2v) is 14.1. The Kier molecular flexibility index (Phi) is 8.33. The Labute approximate surface area is 187 Å². The third-order valence-electron chi connectivity index (χ3n) is 4.76. The van der Waals surface area contributed by atoms with Gasteiger partial charge in [0.1, 0.15) is 0 Å². The number of hydrogen-bond donors (Lipinski definition) is 0. The maximum atomic E-state index is 13.5. The number of carbonyl (C=O) groups excluding carboxylic acids is 1. The first kappa shape index (κ1) is 22.1. The molecule has 0 aliphatic heterocycles. The van der Waals surface area contributed by atoms with E-state index in [2.05, 4.69) is 93.6 Å². The van der Waals surface area contributed by atoms with Crippen molar-refractivity contribution < 1.29 is 4.79 Å². The Morgan fingerprint density at radius 3 is 1.66 bits per heavy atom. The molecule has 3 aromatic rings. The summed E-state index contributed by atoms with van der Waals surface area (Å²) in [5.74, 6) is 0.963. The summed E-state index contributed by atoms with van der Waals surface area (Å²) < 4.78 is 2.71. The SMILES string of the molecule is CC(C)Cc1ccc(C(C)C(=O)C([Se]c2ccccc2)[Se]c2ccccc2)cc1. The zero-order valence-electron chi connectivity index (χ0n) is 17.2. The van der Waals surface area contributed by atoms with Crippen molar-refractivity contribution in [1.82, 2.24) is 0 Å². The van der Waals surface area contributed by atoms with Crippen molar-refractivity contribution in [2.24, 2.45) is 5.92 Å². The molecule has 29 heavy (non-hydrogen) atoms. The van der Waals surface area contributed by atoms with E-state index >= 15 is 0 Å². The molecule has 0 amide bonds. The third-order valence-corrected chi connectivity index (χ3v) is 11.0. The van der Waals surface area contributed by atoms with Gasteiger partial charge in [-0.15, -0.1) is 0 Å². The zero-order chi connectivity index (χ0) is 20.6. The van der Waals surface area contributed by atoms with Crippen LogP contribution in [0.3, 0.4) is 0 Å². The van der Waals surface area contributed by atoms with Crippen molar-refractivity contribution in [1.29, 1.82) is 0 Å². The van der Waals surface area contributed by atoms with E-state index in [1.165, 1.54) is 14.5 Å². The monoisotopic (exact) mass is 516 g/mol. The van der Waals surface area contributed by atoms with Gasteiger partial charge in [-0.1, -0.05) is 0 Å². The fourth-order valence-electron chi connectivity index (χ4n) is 3.17. The first-order valence-corrected chi connectivity index (χ1v) is 13.8. The van der Waals surface area contributed by atoms with E-state index in [0.717, 1.165) is 12.0 Å².